The Morgan fingerprint density at radius 1 is 1.08 bits per heavy atom. The van der Waals surface area contributed by atoms with Crippen molar-refractivity contribution in [2.45, 2.75) is 36.5 Å². The van der Waals surface area contributed by atoms with Crippen molar-refractivity contribution in [2.75, 3.05) is 13.1 Å². The van der Waals surface area contributed by atoms with Gasteiger partial charge in [-0.3, -0.25) is 4.79 Å². The lowest BCUT2D eigenvalue weighted by Gasteiger charge is -2.25. The Morgan fingerprint density at radius 3 is 2.46 bits per heavy atom. The zero-order chi connectivity index (χ0) is 18.6. The number of halogens is 1. The molecule has 0 N–H and O–H groups in total. The molecule has 0 aliphatic carbocycles. The number of hydrogen-bond acceptors (Lipinski definition) is 5. The van der Waals surface area contributed by atoms with Gasteiger partial charge in [-0.2, -0.15) is 4.31 Å². The van der Waals surface area contributed by atoms with E-state index in [9.17, 15) is 13.2 Å². The van der Waals surface area contributed by atoms with E-state index in [0.717, 1.165) is 36.2 Å². The number of rotatable bonds is 6. The number of ether oxygens (including phenoxy) is 1. The van der Waals surface area contributed by atoms with Crippen LogP contribution in [0.4, 0.5) is 0 Å². The van der Waals surface area contributed by atoms with Crippen LogP contribution in [-0.4, -0.2) is 31.8 Å². The Balaban J connectivity index is 1.57. The van der Waals surface area contributed by atoms with Crippen LogP contribution in [0.5, 0.6) is 0 Å². The van der Waals surface area contributed by atoms with Gasteiger partial charge in [0.15, 0.2) is 0 Å². The van der Waals surface area contributed by atoms with Crippen molar-refractivity contribution in [1.82, 2.24) is 4.31 Å². The zero-order valence-electron chi connectivity index (χ0n) is 14.2. The molecule has 1 aromatic carbocycles. The summed E-state index contributed by atoms with van der Waals surface area (Å²) in [5.74, 6) is -0.385. The molecule has 26 heavy (non-hydrogen) atoms. The highest BCUT2D eigenvalue weighted by Crippen LogP contribution is 2.27. The average Bonchev–Trinajstić information content (AvgIpc) is 3.11. The summed E-state index contributed by atoms with van der Waals surface area (Å²) in [7, 11) is -3.45. The Bertz CT molecular complexity index is 856. The summed E-state index contributed by atoms with van der Waals surface area (Å²) in [5, 5.41) is 0.626. The molecular formula is C18H20ClNO4S2. The molecule has 0 spiro atoms. The minimum absolute atomic E-state index is 0.0633. The molecule has 0 amide bonds. The van der Waals surface area contributed by atoms with Gasteiger partial charge in [-0.15, -0.1) is 11.3 Å². The summed E-state index contributed by atoms with van der Waals surface area (Å²) in [6.45, 7) is 1.30. The maximum Gasteiger partial charge on any atom is 0.311 e. The van der Waals surface area contributed by atoms with Gasteiger partial charge < -0.3 is 4.74 Å². The molecule has 0 atom stereocenters. The predicted octanol–water partition coefficient (Wildman–Crippen LogP) is 3.86. The Morgan fingerprint density at radius 2 is 1.77 bits per heavy atom. The molecule has 1 aliphatic rings. The van der Waals surface area contributed by atoms with Gasteiger partial charge in [0.2, 0.25) is 0 Å². The molecule has 3 rings (SSSR count). The van der Waals surface area contributed by atoms with Gasteiger partial charge in [-0.05, 0) is 42.7 Å². The van der Waals surface area contributed by atoms with Crippen molar-refractivity contribution in [3.8, 4) is 0 Å². The smallest absolute Gasteiger partial charge is 0.311 e. The van der Waals surface area contributed by atoms with Crippen LogP contribution in [0.2, 0.25) is 5.02 Å². The van der Waals surface area contributed by atoms with E-state index in [1.807, 2.05) is 0 Å². The van der Waals surface area contributed by atoms with Crippen LogP contribution in [0.3, 0.4) is 0 Å². The normalized spacial score (nSPS) is 15.7. The molecule has 1 saturated heterocycles. The largest absolute Gasteiger partial charge is 0.461 e. The first-order valence-corrected chi connectivity index (χ1v) is 11.1. The molecule has 1 aliphatic heterocycles. The van der Waals surface area contributed by atoms with Crippen LogP contribution in [0.15, 0.2) is 40.6 Å². The van der Waals surface area contributed by atoms with Crippen molar-refractivity contribution in [3.05, 3.63) is 51.9 Å². The predicted molar refractivity (Wildman–Crippen MR) is 102 cm³/mol. The fourth-order valence-electron chi connectivity index (χ4n) is 2.76. The third-order valence-electron chi connectivity index (χ3n) is 4.18. The van der Waals surface area contributed by atoms with Gasteiger partial charge in [-0.25, -0.2) is 8.42 Å². The van der Waals surface area contributed by atoms with E-state index >= 15 is 0 Å². The topological polar surface area (TPSA) is 63.7 Å². The maximum absolute atomic E-state index is 12.6. The fourth-order valence-corrected chi connectivity index (χ4v) is 5.90. The van der Waals surface area contributed by atoms with Gasteiger partial charge in [-0.1, -0.05) is 30.2 Å². The molecule has 5 nitrogen and oxygen atoms in total. The number of nitrogens with zero attached hydrogens (tertiary/aromatic N) is 1. The molecule has 0 saturated carbocycles. The monoisotopic (exact) mass is 413 g/mol. The second-order valence-corrected chi connectivity index (χ2v) is 9.92. The minimum atomic E-state index is -3.45. The average molecular weight is 414 g/mol. The summed E-state index contributed by atoms with van der Waals surface area (Å²) in [6.07, 6.45) is 2.93. The standard InChI is InChI=1S/C18H20ClNO4S2/c19-15-6-4-14(5-7-15)13-24-17(21)12-16-8-9-18(25-16)26(22,23)20-10-2-1-3-11-20/h4-9H,1-3,10-13H2. The van der Waals surface area contributed by atoms with Gasteiger partial charge in [0.25, 0.3) is 10.0 Å². The molecule has 140 valence electrons. The summed E-state index contributed by atoms with van der Waals surface area (Å²) in [4.78, 5) is 12.7. The number of sulfonamides is 1. The van der Waals surface area contributed by atoms with Crippen LogP contribution in [0.1, 0.15) is 29.7 Å². The van der Waals surface area contributed by atoms with Gasteiger partial charge in [0.1, 0.15) is 10.8 Å². The second-order valence-electron chi connectivity index (χ2n) is 6.15. The highest BCUT2D eigenvalue weighted by Gasteiger charge is 2.27. The molecule has 1 fully saturated rings. The number of benzene rings is 1. The first kappa shape index (κ1) is 19.4. The molecule has 0 unspecified atom stereocenters. The highest BCUT2D eigenvalue weighted by molar-refractivity contribution is 7.91. The minimum Gasteiger partial charge on any atom is -0.461 e. The van der Waals surface area contributed by atoms with Crippen LogP contribution in [-0.2, 0) is 32.6 Å². The van der Waals surface area contributed by atoms with Crippen molar-refractivity contribution < 1.29 is 17.9 Å². The van der Waals surface area contributed by atoms with E-state index in [1.165, 1.54) is 4.31 Å². The molecule has 8 heteroatoms. The first-order valence-electron chi connectivity index (χ1n) is 8.44. The molecule has 0 bridgehead atoms. The SMILES string of the molecule is O=C(Cc1ccc(S(=O)(=O)N2CCCCC2)s1)OCc1ccc(Cl)cc1. The fraction of sp³-hybridized carbons (Fsp3) is 0.389. The van der Waals surface area contributed by atoms with Crippen LogP contribution >= 0.6 is 22.9 Å². The Labute approximate surface area is 162 Å². The number of carbonyl (C=O) groups is 1. The van der Waals surface area contributed by atoms with Crippen molar-refractivity contribution in [2.24, 2.45) is 0 Å². The first-order chi connectivity index (χ1) is 12.4. The highest BCUT2D eigenvalue weighted by atomic mass is 35.5. The molecular weight excluding hydrogens is 394 g/mol. The van der Waals surface area contributed by atoms with Crippen LogP contribution in [0.25, 0.3) is 0 Å². The van der Waals surface area contributed by atoms with E-state index in [1.54, 1.807) is 36.4 Å². The summed E-state index contributed by atoms with van der Waals surface area (Å²) in [5.41, 5.74) is 0.849. The summed E-state index contributed by atoms with van der Waals surface area (Å²) in [6, 6.07) is 10.3. The molecule has 0 radical (unpaired) electrons. The lowest BCUT2D eigenvalue weighted by atomic mass is 10.2. The molecule has 1 aromatic heterocycles. The molecule has 2 heterocycles. The Hall–Kier alpha value is -1.41. The van der Waals surface area contributed by atoms with Crippen LogP contribution < -0.4 is 0 Å². The van der Waals surface area contributed by atoms with E-state index in [4.69, 9.17) is 16.3 Å². The quantitative estimate of drug-likeness (QED) is 0.674. The summed E-state index contributed by atoms with van der Waals surface area (Å²) < 4.78 is 32.3. The van der Waals surface area contributed by atoms with E-state index in [2.05, 4.69) is 0 Å². The van der Waals surface area contributed by atoms with E-state index < -0.39 is 10.0 Å². The van der Waals surface area contributed by atoms with Crippen molar-refractivity contribution in [1.29, 1.82) is 0 Å². The lowest BCUT2D eigenvalue weighted by Crippen LogP contribution is -2.35. The second kappa shape index (κ2) is 8.52. The molecule has 2 aromatic rings. The van der Waals surface area contributed by atoms with Crippen LogP contribution in [0, 0.1) is 0 Å². The third-order valence-corrected chi connectivity index (χ3v) is 7.88. The number of esters is 1. The Kier molecular flexibility index (Phi) is 6.34. The van der Waals surface area contributed by atoms with Gasteiger partial charge in [0.05, 0.1) is 6.42 Å². The van der Waals surface area contributed by atoms with Gasteiger partial charge >= 0.3 is 5.97 Å². The number of carbonyl (C=O) groups excluding carboxylic acids is 1. The number of hydrogen-bond donors (Lipinski definition) is 0. The zero-order valence-corrected chi connectivity index (χ0v) is 16.6. The number of piperidine rings is 1. The summed E-state index contributed by atoms with van der Waals surface area (Å²) >= 11 is 6.96. The third kappa shape index (κ3) is 4.85. The lowest BCUT2D eigenvalue weighted by molar-refractivity contribution is -0.144. The number of thiophene rings is 1. The van der Waals surface area contributed by atoms with Crippen molar-refractivity contribution in [3.63, 3.8) is 0 Å². The maximum atomic E-state index is 12.6. The van der Waals surface area contributed by atoms with Crippen molar-refractivity contribution >= 4 is 38.9 Å². The van der Waals surface area contributed by atoms with Gasteiger partial charge in [0, 0.05) is 23.0 Å². The van der Waals surface area contributed by atoms with E-state index in [0.29, 0.717) is 27.2 Å². The van der Waals surface area contributed by atoms with E-state index in [-0.39, 0.29) is 19.0 Å².